The highest BCUT2D eigenvalue weighted by Crippen LogP contribution is 2.51. The van der Waals surface area contributed by atoms with Gasteiger partial charge in [-0.25, -0.2) is 4.98 Å². The first-order valence-corrected chi connectivity index (χ1v) is 7.02. The molecule has 1 aliphatic rings. The number of benzene rings is 1. The van der Waals surface area contributed by atoms with Gasteiger partial charge in [-0.15, -0.1) is 0 Å². The Morgan fingerprint density at radius 3 is 2.67 bits per heavy atom. The van der Waals surface area contributed by atoms with Gasteiger partial charge in [-0.1, -0.05) is 43.6 Å². The Bertz CT molecular complexity index is 728. The van der Waals surface area contributed by atoms with Gasteiger partial charge in [0, 0.05) is 17.0 Å². The average Bonchev–Trinajstić information content (AvgIpc) is 2.44. The van der Waals surface area contributed by atoms with Crippen molar-refractivity contribution in [2.45, 2.75) is 19.8 Å². The first-order valence-electron chi connectivity index (χ1n) is 6.64. The second-order valence-electron chi connectivity index (χ2n) is 5.69. The summed E-state index contributed by atoms with van der Waals surface area (Å²) < 4.78 is 5.82. The molecule has 1 amide bonds. The van der Waals surface area contributed by atoms with E-state index in [1.54, 1.807) is 6.07 Å². The minimum absolute atomic E-state index is 0.222. The Morgan fingerprint density at radius 1 is 1.24 bits per heavy atom. The number of amides is 1. The molecule has 3 rings (SSSR count). The smallest absolute Gasteiger partial charge is 0.224 e. The van der Waals surface area contributed by atoms with Gasteiger partial charge in [0.05, 0.1) is 5.41 Å². The zero-order valence-electron chi connectivity index (χ0n) is 11.8. The molecule has 108 valence electrons. The number of hydrogen-bond acceptors (Lipinski definition) is 3. The van der Waals surface area contributed by atoms with Crippen molar-refractivity contribution in [3.63, 3.8) is 0 Å². The van der Waals surface area contributed by atoms with E-state index in [0.29, 0.717) is 16.8 Å². The van der Waals surface area contributed by atoms with Crippen LogP contribution in [0.4, 0.5) is 0 Å². The molecule has 0 spiro atoms. The lowest BCUT2D eigenvalue weighted by Crippen LogP contribution is -2.38. The summed E-state index contributed by atoms with van der Waals surface area (Å²) in [4.78, 5) is 16.2. The topological polar surface area (TPSA) is 65.2 Å². The molecule has 2 N–H and O–H groups in total. The second kappa shape index (κ2) is 4.74. The molecule has 1 atom stereocenters. The predicted molar refractivity (Wildman–Crippen MR) is 80.6 cm³/mol. The predicted octanol–water partition coefficient (Wildman–Crippen LogP) is 3.48. The molecule has 0 saturated carbocycles. The molecule has 5 heteroatoms. The van der Waals surface area contributed by atoms with Crippen molar-refractivity contribution in [3.8, 4) is 11.6 Å². The van der Waals surface area contributed by atoms with Crippen LogP contribution in [-0.4, -0.2) is 10.9 Å². The summed E-state index contributed by atoms with van der Waals surface area (Å²) in [7, 11) is 0. The van der Waals surface area contributed by atoms with Crippen LogP contribution in [-0.2, 0) is 4.79 Å². The van der Waals surface area contributed by atoms with Gasteiger partial charge < -0.3 is 10.5 Å². The Kier molecular flexibility index (Phi) is 3.14. The second-order valence-corrected chi connectivity index (χ2v) is 6.07. The van der Waals surface area contributed by atoms with Crippen molar-refractivity contribution in [3.05, 3.63) is 52.7 Å². The van der Waals surface area contributed by atoms with E-state index in [0.717, 1.165) is 11.1 Å². The van der Waals surface area contributed by atoms with E-state index in [9.17, 15) is 4.79 Å². The number of rotatable bonds is 2. The number of aromatic nitrogens is 1. The molecular formula is C16H15ClN2O2. The minimum Gasteiger partial charge on any atom is -0.438 e. The summed E-state index contributed by atoms with van der Waals surface area (Å²) in [6.07, 6.45) is 0. The van der Waals surface area contributed by atoms with E-state index in [2.05, 4.69) is 4.98 Å². The molecule has 21 heavy (non-hydrogen) atoms. The summed E-state index contributed by atoms with van der Waals surface area (Å²) in [5.74, 6) is 0.518. The van der Waals surface area contributed by atoms with Crippen molar-refractivity contribution >= 4 is 17.5 Å². The summed E-state index contributed by atoms with van der Waals surface area (Å²) in [5, 5.41) is 0.351. The van der Waals surface area contributed by atoms with Crippen LogP contribution in [0.1, 0.15) is 30.9 Å². The summed E-state index contributed by atoms with van der Waals surface area (Å²) in [5.41, 5.74) is 6.60. The fourth-order valence-corrected chi connectivity index (χ4v) is 2.87. The molecule has 4 nitrogen and oxygen atoms in total. The average molecular weight is 303 g/mol. The highest BCUT2D eigenvalue weighted by atomic mass is 35.5. The Balaban J connectivity index is 2.26. The lowest BCUT2D eigenvalue weighted by molar-refractivity contribution is -0.126. The van der Waals surface area contributed by atoms with Crippen LogP contribution < -0.4 is 10.5 Å². The third-order valence-electron chi connectivity index (χ3n) is 3.96. The first-order chi connectivity index (χ1) is 9.91. The first kappa shape index (κ1) is 13.9. The molecule has 0 unspecified atom stereocenters. The van der Waals surface area contributed by atoms with Gasteiger partial charge in [-0.2, -0.15) is 0 Å². The number of fused-ring (bicyclic) bond motifs is 2. The van der Waals surface area contributed by atoms with Crippen LogP contribution in [0.15, 0.2) is 36.4 Å². The van der Waals surface area contributed by atoms with Gasteiger partial charge >= 0.3 is 0 Å². The monoisotopic (exact) mass is 302 g/mol. The van der Waals surface area contributed by atoms with Gasteiger partial charge in [-0.3, -0.25) is 4.79 Å². The van der Waals surface area contributed by atoms with Crippen molar-refractivity contribution in [2.24, 2.45) is 11.1 Å². The SMILES string of the molecule is CC(C)(C(N)=O)[C@H]1c2ccccc2Oc2nc(Cl)ccc21. The number of ether oxygens (including phenoxy) is 1. The van der Waals surface area contributed by atoms with Crippen LogP contribution in [0, 0.1) is 5.41 Å². The maximum Gasteiger partial charge on any atom is 0.224 e. The van der Waals surface area contributed by atoms with Crippen molar-refractivity contribution in [2.75, 3.05) is 0 Å². The minimum atomic E-state index is -0.774. The zero-order chi connectivity index (χ0) is 15.2. The number of hydrogen-bond donors (Lipinski definition) is 1. The molecule has 0 fully saturated rings. The van der Waals surface area contributed by atoms with E-state index < -0.39 is 5.41 Å². The Hall–Kier alpha value is -2.07. The normalized spacial score (nSPS) is 16.6. The van der Waals surface area contributed by atoms with E-state index in [-0.39, 0.29) is 11.8 Å². The van der Waals surface area contributed by atoms with Gasteiger partial charge in [0.2, 0.25) is 11.8 Å². The standard InChI is InChI=1S/C16H15ClN2O2/c1-16(2,15(18)20)13-9-5-3-4-6-11(9)21-14-10(13)7-8-12(17)19-14/h3-8,13H,1-2H3,(H2,18,20)/t13-/m0/s1. The number of halogens is 1. The van der Waals surface area contributed by atoms with Crippen molar-refractivity contribution in [1.29, 1.82) is 0 Å². The molecule has 1 aliphatic heterocycles. The maximum absolute atomic E-state index is 11.9. The summed E-state index contributed by atoms with van der Waals surface area (Å²) in [6, 6.07) is 11.1. The number of carbonyl (C=O) groups is 1. The van der Waals surface area contributed by atoms with Gasteiger partial charge in [-0.05, 0) is 18.2 Å². The molecule has 1 aromatic carbocycles. The number of para-hydroxylation sites is 1. The molecule has 0 radical (unpaired) electrons. The molecule has 0 bridgehead atoms. The van der Waals surface area contributed by atoms with Crippen LogP contribution in [0.3, 0.4) is 0 Å². The number of nitrogens with zero attached hydrogens (tertiary/aromatic N) is 1. The highest BCUT2D eigenvalue weighted by molar-refractivity contribution is 6.29. The van der Waals surface area contributed by atoms with Crippen molar-refractivity contribution in [1.82, 2.24) is 4.98 Å². The molecule has 0 aliphatic carbocycles. The third-order valence-corrected chi connectivity index (χ3v) is 4.17. The molecule has 0 saturated heterocycles. The van der Waals surface area contributed by atoms with Crippen molar-refractivity contribution < 1.29 is 9.53 Å². The third kappa shape index (κ3) is 2.16. The Labute approximate surface area is 127 Å². The summed E-state index contributed by atoms with van der Waals surface area (Å²) >= 11 is 5.95. The molecular weight excluding hydrogens is 288 g/mol. The lowest BCUT2D eigenvalue weighted by Gasteiger charge is -2.36. The van der Waals surface area contributed by atoms with Gasteiger partial charge in [0.15, 0.2) is 0 Å². The number of pyridine rings is 1. The number of primary amides is 1. The fraction of sp³-hybridized carbons (Fsp3) is 0.250. The van der Waals surface area contributed by atoms with E-state index in [4.69, 9.17) is 22.1 Å². The van der Waals surface area contributed by atoms with Crippen LogP contribution in [0.2, 0.25) is 5.15 Å². The number of nitrogens with two attached hydrogens (primary N) is 1. The quantitative estimate of drug-likeness (QED) is 0.864. The zero-order valence-corrected chi connectivity index (χ0v) is 12.5. The van der Waals surface area contributed by atoms with Gasteiger partial charge in [0.25, 0.3) is 0 Å². The van der Waals surface area contributed by atoms with Gasteiger partial charge in [0.1, 0.15) is 10.9 Å². The van der Waals surface area contributed by atoms with Crippen LogP contribution in [0.5, 0.6) is 11.6 Å². The molecule has 2 aromatic rings. The van der Waals surface area contributed by atoms with E-state index >= 15 is 0 Å². The summed E-state index contributed by atoms with van der Waals surface area (Å²) in [6.45, 7) is 3.67. The molecule has 1 aromatic heterocycles. The lowest BCUT2D eigenvalue weighted by atomic mass is 9.70. The maximum atomic E-state index is 11.9. The van der Waals surface area contributed by atoms with Crippen LogP contribution >= 0.6 is 11.6 Å². The molecule has 2 heterocycles. The van der Waals surface area contributed by atoms with Crippen LogP contribution in [0.25, 0.3) is 0 Å². The van der Waals surface area contributed by atoms with E-state index in [1.807, 2.05) is 44.2 Å². The highest BCUT2D eigenvalue weighted by Gasteiger charge is 2.42. The largest absolute Gasteiger partial charge is 0.438 e. The Morgan fingerprint density at radius 2 is 1.95 bits per heavy atom. The van der Waals surface area contributed by atoms with E-state index in [1.165, 1.54) is 0 Å². The fourth-order valence-electron chi connectivity index (χ4n) is 2.73. The number of carbonyl (C=O) groups excluding carboxylic acids is 1.